The summed E-state index contributed by atoms with van der Waals surface area (Å²) in [6.07, 6.45) is 2.23. The van der Waals surface area contributed by atoms with Crippen LogP contribution in [0.1, 0.15) is 34.1 Å². The van der Waals surface area contributed by atoms with Crippen LogP contribution in [0, 0.1) is 0 Å². The summed E-state index contributed by atoms with van der Waals surface area (Å²) in [7, 11) is 0. The summed E-state index contributed by atoms with van der Waals surface area (Å²) in [6, 6.07) is 0.0529. The zero-order valence-corrected chi connectivity index (χ0v) is 9.68. The standard InChI is InChI=1S/C11H22N2O/c1-6-9(2)13-10(14)7-8-12-11(3,4)5/h6,9,12H,1,7-8H2,2-5H3,(H,13,14). The number of carbonyl (C=O) groups excluding carboxylic acids is 1. The topological polar surface area (TPSA) is 41.1 Å². The first kappa shape index (κ1) is 13.2. The van der Waals surface area contributed by atoms with Gasteiger partial charge in [0.15, 0.2) is 0 Å². The van der Waals surface area contributed by atoms with Crippen LogP contribution in [-0.2, 0) is 4.79 Å². The molecule has 0 saturated heterocycles. The highest BCUT2D eigenvalue weighted by molar-refractivity contribution is 5.76. The molecule has 0 heterocycles. The van der Waals surface area contributed by atoms with Gasteiger partial charge in [0.2, 0.25) is 5.91 Å². The second kappa shape index (κ2) is 5.81. The summed E-state index contributed by atoms with van der Waals surface area (Å²) < 4.78 is 0. The lowest BCUT2D eigenvalue weighted by atomic mass is 10.1. The highest BCUT2D eigenvalue weighted by Gasteiger charge is 2.09. The molecule has 0 aromatic carbocycles. The molecule has 0 bridgehead atoms. The molecule has 1 atom stereocenters. The number of nitrogens with one attached hydrogen (secondary N) is 2. The van der Waals surface area contributed by atoms with Crippen molar-refractivity contribution in [2.45, 2.75) is 45.7 Å². The lowest BCUT2D eigenvalue weighted by Gasteiger charge is -2.20. The molecule has 1 unspecified atom stereocenters. The van der Waals surface area contributed by atoms with Crippen molar-refractivity contribution < 1.29 is 4.79 Å². The Kier molecular flexibility index (Phi) is 5.46. The van der Waals surface area contributed by atoms with Crippen LogP contribution in [-0.4, -0.2) is 24.0 Å². The van der Waals surface area contributed by atoms with Crippen LogP contribution in [0.5, 0.6) is 0 Å². The first-order valence-electron chi connectivity index (χ1n) is 5.02. The van der Waals surface area contributed by atoms with Gasteiger partial charge >= 0.3 is 0 Å². The lowest BCUT2D eigenvalue weighted by Crippen LogP contribution is -2.39. The fourth-order valence-corrected chi connectivity index (χ4v) is 0.936. The maximum absolute atomic E-state index is 11.3. The fourth-order valence-electron chi connectivity index (χ4n) is 0.936. The van der Waals surface area contributed by atoms with Gasteiger partial charge in [-0.1, -0.05) is 6.08 Å². The number of carbonyl (C=O) groups is 1. The molecular weight excluding hydrogens is 176 g/mol. The molecule has 3 nitrogen and oxygen atoms in total. The lowest BCUT2D eigenvalue weighted by molar-refractivity contribution is -0.121. The maximum Gasteiger partial charge on any atom is 0.221 e. The van der Waals surface area contributed by atoms with Crippen molar-refractivity contribution in [1.29, 1.82) is 0 Å². The van der Waals surface area contributed by atoms with Crippen molar-refractivity contribution >= 4 is 5.91 Å². The van der Waals surface area contributed by atoms with E-state index in [1.54, 1.807) is 6.08 Å². The van der Waals surface area contributed by atoms with Crippen molar-refractivity contribution in [1.82, 2.24) is 10.6 Å². The highest BCUT2D eigenvalue weighted by Crippen LogP contribution is 1.97. The van der Waals surface area contributed by atoms with Crippen LogP contribution in [0.2, 0.25) is 0 Å². The number of rotatable bonds is 5. The Balaban J connectivity index is 3.60. The van der Waals surface area contributed by atoms with Gasteiger partial charge in [-0.25, -0.2) is 0 Å². The van der Waals surface area contributed by atoms with Gasteiger partial charge in [0.25, 0.3) is 0 Å². The van der Waals surface area contributed by atoms with E-state index < -0.39 is 0 Å². The van der Waals surface area contributed by atoms with Gasteiger partial charge in [0.05, 0.1) is 0 Å². The molecule has 3 heteroatoms. The second-order valence-corrected chi connectivity index (χ2v) is 4.52. The van der Waals surface area contributed by atoms with Crippen molar-refractivity contribution in [2.24, 2.45) is 0 Å². The molecule has 0 saturated carbocycles. The molecule has 0 aromatic rings. The van der Waals surface area contributed by atoms with Gasteiger partial charge in [0, 0.05) is 24.5 Å². The predicted molar refractivity (Wildman–Crippen MR) is 60.2 cm³/mol. The molecule has 0 radical (unpaired) electrons. The van der Waals surface area contributed by atoms with Gasteiger partial charge in [-0.3, -0.25) is 4.79 Å². The zero-order valence-electron chi connectivity index (χ0n) is 9.68. The van der Waals surface area contributed by atoms with Gasteiger partial charge in [-0.05, 0) is 27.7 Å². The first-order valence-corrected chi connectivity index (χ1v) is 5.02. The van der Waals surface area contributed by atoms with E-state index in [-0.39, 0.29) is 17.5 Å². The van der Waals surface area contributed by atoms with Crippen LogP contribution >= 0.6 is 0 Å². The van der Waals surface area contributed by atoms with Crippen molar-refractivity contribution in [3.8, 4) is 0 Å². The fraction of sp³-hybridized carbons (Fsp3) is 0.727. The molecule has 0 aromatic heterocycles. The van der Waals surface area contributed by atoms with Gasteiger partial charge in [-0.2, -0.15) is 0 Å². The molecule has 0 rings (SSSR count). The third kappa shape index (κ3) is 7.80. The Bertz CT molecular complexity index is 194. The maximum atomic E-state index is 11.3. The van der Waals surface area contributed by atoms with E-state index in [0.717, 1.165) is 0 Å². The molecule has 1 amide bonds. The van der Waals surface area contributed by atoms with Gasteiger partial charge in [-0.15, -0.1) is 6.58 Å². The third-order valence-electron chi connectivity index (χ3n) is 1.75. The largest absolute Gasteiger partial charge is 0.350 e. The SMILES string of the molecule is C=CC(C)NC(=O)CCNC(C)(C)C. The molecule has 0 aliphatic carbocycles. The number of hydrogen-bond acceptors (Lipinski definition) is 2. The minimum Gasteiger partial charge on any atom is -0.350 e. The summed E-state index contributed by atoms with van der Waals surface area (Å²) in [4.78, 5) is 11.3. The number of amides is 1. The van der Waals surface area contributed by atoms with Crippen molar-refractivity contribution in [3.05, 3.63) is 12.7 Å². The monoisotopic (exact) mass is 198 g/mol. The van der Waals surface area contributed by atoms with E-state index >= 15 is 0 Å². The van der Waals surface area contributed by atoms with E-state index in [1.165, 1.54) is 0 Å². The minimum atomic E-state index is 0.0529. The minimum absolute atomic E-state index is 0.0529. The van der Waals surface area contributed by atoms with Gasteiger partial charge < -0.3 is 10.6 Å². The summed E-state index contributed by atoms with van der Waals surface area (Å²) in [5, 5.41) is 6.08. The van der Waals surface area contributed by atoms with Crippen LogP contribution in [0.3, 0.4) is 0 Å². The Hall–Kier alpha value is -0.830. The van der Waals surface area contributed by atoms with Gasteiger partial charge in [0.1, 0.15) is 0 Å². The van der Waals surface area contributed by atoms with E-state index in [0.29, 0.717) is 13.0 Å². The zero-order chi connectivity index (χ0) is 11.2. The quantitative estimate of drug-likeness (QED) is 0.657. The summed E-state index contributed by atoms with van der Waals surface area (Å²) >= 11 is 0. The number of hydrogen-bond donors (Lipinski definition) is 2. The average molecular weight is 198 g/mol. The second-order valence-electron chi connectivity index (χ2n) is 4.52. The smallest absolute Gasteiger partial charge is 0.221 e. The Morgan fingerprint density at radius 2 is 2.07 bits per heavy atom. The van der Waals surface area contributed by atoms with E-state index in [1.807, 2.05) is 6.92 Å². The van der Waals surface area contributed by atoms with Crippen molar-refractivity contribution in [3.63, 3.8) is 0 Å². The molecule has 2 N–H and O–H groups in total. The predicted octanol–water partition coefficient (Wildman–Crippen LogP) is 1.46. The molecule has 0 fully saturated rings. The molecule has 0 aliphatic heterocycles. The summed E-state index contributed by atoms with van der Waals surface area (Å²) in [5.74, 6) is 0.0640. The van der Waals surface area contributed by atoms with Crippen LogP contribution < -0.4 is 10.6 Å². The molecule has 0 aliphatic rings. The van der Waals surface area contributed by atoms with E-state index in [9.17, 15) is 4.79 Å². The summed E-state index contributed by atoms with van der Waals surface area (Å²) in [6.45, 7) is 12.5. The average Bonchev–Trinajstić information content (AvgIpc) is 2.01. The van der Waals surface area contributed by atoms with E-state index in [2.05, 4.69) is 38.0 Å². The van der Waals surface area contributed by atoms with Crippen molar-refractivity contribution in [2.75, 3.05) is 6.54 Å². The first-order chi connectivity index (χ1) is 6.35. The normalized spacial score (nSPS) is 13.4. The molecular formula is C11H22N2O. The Morgan fingerprint density at radius 3 is 2.50 bits per heavy atom. The van der Waals surface area contributed by atoms with Crippen LogP contribution in [0.25, 0.3) is 0 Å². The Labute approximate surface area is 87.0 Å². The molecule has 14 heavy (non-hydrogen) atoms. The summed E-state index contributed by atoms with van der Waals surface area (Å²) in [5.41, 5.74) is 0.0737. The van der Waals surface area contributed by atoms with E-state index in [4.69, 9.17) is 0 Å². The highest BCUT2D eigenvalue weighted by atomic mass is 16.1. The van der Waals surface area contributed by atoms with Crippen LogP contribution in [0.4, 0.5) is 0 Å². The molecule has 82 valence electrons. The third-order valence-corrected chi connectivity index (χ3v) is 1.75. The Morgan fingerprint density at radius 1 is 1.50 bits per heavy atom. The molecule has 0 spiro atoms. The van der Waals surface area contributed by atoms with Crippen LogP contribution in [0.15, 0.2) is 12.7 Å².